The molecule has 0 amide bonds. The van der Waals surface area contributed by atoms with E-state index in [0.29, 0.717) is 16.6 Å². The van der Waals surface area contributed by atoms with E-state index in [0.717, 1.165) is 16.7 Å². The highest BCUT2D eigenvalue weighted by atomic mass is 16.4. The molecule has 3 heteroatoms. The number of carboxylic acid groups (broad SMARTS) is 1. The van der Waals surface area contributed by atoms with Gasteiger partial charge in [-0.15, -0.1) is 0 Å². The molecular formula is C18H14NO2-. The fraction of sp³-hybridized carbons (Fsp3) is 0.111. The molecule has 104 valence electrons. The summed E-state index contributed by atoms with van der Waals surface area (Å²) in [5.41, 5.74) is 4.67. The van der Waals surface area contributed by atoms with Gasteiger partial charge in [-0.05, 0) is 31.5 Å². The van der Waals surface area contributed by atoms with Crippen molar-refractivity contribution in [3.63, 3.8) is 0 Å². The lowest BCUT2D eigenvalue weighted by Gasteiger charge is -2.12. The lowest BCUT2D eigenvalue weighted by atomic mass is 9.99. The monoisotopic (exact) mass is 276 g/mol. The van der Waals surface area contributed by atoms with Crippen molar-refractivity contribution in [2.24, 2.45) is 0 Å². The van der Waals surface area contributed by atoms with Crippen molar-refractivity contribution in [3.05, 3.63) is 65.2 Å². The Kier molecular flexibility index (Phi) is 3.18. The lowest BCUT2D eigenvalue weighted by molar-refractivity contribution is -0.254. The van der Waals surface area contributed by atoms with Crippen LogP contribution in [0.3, 0.4) is 0 Å². The second-order valence-electron chi connectivity index (χ2n) is 5.18. The first-order valence-electron chi connectivity index (χ1n) is 6.75. The molecule has 0 unspecified atom stereocenters. The van der Waals surface area contributed by atoms with Crippen molar-refractivity contribution in [2.45, 2.75) is 13.8 Å². The van der Waals surface area contributed by atoms with Gasteiger partial charge in [0.05, 0.1) is 17.2 Å². The Labute approximate surface area is 122 Å². The van der Waals surface area contributed by atoms with Gasteiger partial charge in [0.2, 0.25) is 0 Å². The van der Waals surface area contributed by atoms with E-state index in [9.17, 15) is 9.90 Å². The minimum absolute atomic E-state index is 0.176. The number of carbonyl (C=O) groups excluding carboxylic acids is 1. The third kappa shape index (κ3) is 2.38. The van der Waals surface area contributed by atoms with Crippen LogP contribution in [0, 0.1) is 13.8 Å². The summed E-state index contributed by atoms with van der Waals surface area (Å²) >= 11 is 0. The van der Waals surface area contributed by atoms with Crippen LogP contribution in [0.5, 0.6) is 0 Å². The molecule has 0 saturated heterocycles. The molecule has 0 saturated carbocycles. The van der Waals surface area contributed by atoms with Crippen molar-refractivity contribution >= 4 is 16.9 Å². The maximum Gasteiger partial charge on any atom is 0.0722 e. The maximum atomic E-state index is 11.4. The highest BCUT2D eigenvalue weighted by Crippen LogP contribution is 2.27. The summed E-state index contributed by atoms with van der Waals surface area (Å²) in [6.07, 6.45) is 0. The van der Waals surface area contributed by atoms with E-state index in [-0.39, 0.29) is 5.56 Å². The standard InChI is InChI=1S/C18H15NO2/c1-11-7-8-13(12(2)9-11)17-10-15(18(20)21)14-5-3-4-6-16(14)19-17/h3-10H,1-2H3,(H,20,21)/p-1. The molecule has 0 atom stereocenters. The van der Waals surface area contributed by atoms with Gasteiger partial charge in [-0.3, -0.25) is 0 Å². The van der Waals surface area contributed by atoms with Gasteiger partial charge in [0.25, 0.3) is 0 Å². The number of pyridine rings is 1. The molecule has 2 aromatic carbocycles. The lowest BCUT2D eigenvalue weighted by Crippen LogP contribution is -2.22. The van der Waals surface area contributed by atoms with Crippen LogP contribution >= 0.6 is 0 Å². The Balaban J connectivity index is 2.31. The molecule has 0 aliphatic carbocycles. The van der Waals surface area contributed by atoms with Gasteiger partial charge in [0, 0.05) is 16.5 Å². The van der Waals surface area contributed by atoms with E-state index in [4.69, 9.17) is 0 Å². The average molecular weight is 276 g/mol. The zero-order valence-corrected chi connectivity index (χ0v) is 11.9. The van der Waals surface area contributed by atoms with Crippen molar-refractivity contribution in [1.82, 2.24) is 4.98 Å². The quantitative estimate of drug-likeness (QED) is 0.723. The Hall–Kier alpha value is -2.68. The second-order valence-corrected chi connectivity index (χ2v) is 5.18. The molecule has 0 fully saturated rings. The molecule has 1 aromatic heterocycles. The Morgan fingerprint density at radius 1 is 1.05 bits per heavy atom. The van der Waals surface area contributed by atoms with Crippen LogP contribution in [0.4, 0.5) is 0 Å². The van der Waals surface area contributed by atoms with Crippen LogP contribution in [0.2, 0.25) is 0 Å². The van der Waals surface area contributed by atoms with Gasteiger partial charge in [0.15, 0.2) is 0 Å². The smallest absolute Gasteiger partial charge is 0.0722 e. The number of carbonyl (C=O) groups is 1. The minimum atomic E-state index is -1.18. The SMILES string of the molecule is Cc1ccc(-c2cc(C(=O)[O-])c3ccccc3n2)c(C)c1. The van der Waals surface area contributed by atoms with E-state index in [1.165, 1.54) is 0 Å². The zero-order valence-electron chi connectivity index (χ0n) is 11.9. The van der Waals surface area contributed by atoms with Crippen molar-refractivity contribution in [2.75, 3.05) is 0 Å². The first kappa shape index (κ1) is 13.3. The molecule has 3 aromatic rings. The third-order valence-corrected chi connectivity index (χ3v) is 3.59. The zero-order chi connectivity index (χ0) is 15.0. The van der Waals surface area contributed by atoms with Crippen LogP contribution in [0.15, 0.2) is 48.5 Å². The van der Waals surface area contributed by atoms with Crippen LogP contribution in [-0.2, 0) is 0 Å². The minimum Gasteiger partial charge on any atom is -0.545 e. The third-order valence-electron chi connectivity index (χ3n) is 3.59. The average Bonchev–Trinajstić information content (AvgIpc) is 2.46. The number of fused-ring (bicyclic) bond motifs is 1. The van der Waals surface area contributed by atoms with E-state index in [1.807, 2.05) is 38.1 Å². The van der Waals surface area contributed by atoms with Crippen molar-refractivity contribution in [1.29, 1.82) is 0 Å². The number of hydrogen-bond acceptors (Lipinski definition) is 3. The summed E-state index contributed by atoms with van der Waals surface area (Å²) in [6.45, 7) is 4.02. The van der Waals surface area contributed by atoms with Gasteiger partial charge in [0.1, 0.15) is 0 Å². The van der Waals surface area contributed by atoms with Crippen molar-refractivity contribution < 1.29 is 9.90 Å². The van der Waals surface area contributed by atoms with Gasteiger partial charge >= 0.3 is 0 Å². The van der Waals surface area contributed by atoms with Gasteiger partial charge < -0.3 is 9.90 Å². The number of aryl methyl sites for hydroxylation is 2. The van der Waals surface area contributed by atoms with Crippen LogP contribution in [-0.4, -0.2) is 11.0 Å². The first-order chi connectivity index (χ1) is 10.1. The summed E-state index contributed by atoms with van der Waals surface area (Å²) in [5, 5.41) is 12.0. The number of aromatic carboxylic acids is 1. The van der Waals surface area contributed by atoms with E-state index < -0.39 is 5.97 Å². The summed E-state index contributed by atoms with van der Waals surface area (Å²) in [5.74, 6) is -1.18. The highest BCUT2D eigenvalue weighted by Gasteiger charge is 2.09. The number of hydrogen-bond donors (Lipinski definition) is 0. The van der Waals surface area contributed by atoms with Crippen LogP contribution < -0.4 is 5.11 Å². The first-order valence-corrected chi connectivity index (χ1v) is 6.75. The maximum absolute atomic E-state index is 11.4. The number of rotatable bonds is 2. The number of carboxylic acids is 1. The molecule has 0 N–H and O–H groups in total. The van der Waals surface area contributed by atoms with Gasteiger partial charge in [-0.1, -0.05) is 42.0 Å². The van der Waals surface area contributed by atoms with Gasteiger partial charge in [-0.2, -0.15) is 0 Å². The topological polar surface area (TPSA) is 53.0 Å². The summed E-state index contributed by atoms with van der Waals surface area (Å²) in [4.78, 5) is 16.0. The number of benzene rings is 2. The van der Waals surface area contributed by atoms with E-state index in [2.05, 4.69) is 11.1 Å². The highest BCUT2D eigenvalue weighted by molar-refractivity contribution is 6.02. The predicted octanol–water partition coefficient (Wildman–Crippen LogP) is 2.88. The fourth-order valence-electron chi connectivity index (χ4n) is 2.58. The molecule has 0 aliphatic heterocycles. The Morgan fingerprint density at radius 2 is 1.81 bits per heavy atom. The molecule has 0 bridgehead atoms. The molecular weight excluding hydrogens is 262 g/mol. The fourth-order valence-corrected chi connectivity index (χ4v) is 2.58. The van der Waals surface area contributed by atoms with E-state index in [1.54, 1.807) is 18.2 Å². The summed E-state index contributed by atoms with van der Waals surface area (Å²) in [6, 6.07) is 14.8. The van der Waals surface area contributed by atoms with Crippen LogP contribution in [0.25, 0.3) is 22.2 Å². The summed E-state index contributed by atoms with van der Waals surface area (Å²) in [7, 11) is 0. The Morgan fingerprint density at radius 3 is 2.52 bits per heavy atom. The summed E-state index contributed by atoms with van der Waals surface area (Å²) < 4.78 is 0. The number of aromatic nitrogens is 1. The number of nitrogens with zero attached hydrogens (tertiary/aromatic N) is 1. The van der Waals surface area contributed by atoms with Crippen LogP contribution in [0.1, 0.15) is 21.5 Å². The molecule has 0 radical (unpaired) electrons. The van der Waals surface area contributed by atoms with E-state index >= 15 is 0 Å². The van der Waals surface area contributed by atoms with Crippen molar-refractivity contribution in [3.8, 4) is 11.3 Å². The molecule has 3 nitrogen and oxygen atoms in total. The van der Waals surface area contributed by atoms with Gasteiger partial charge in [-0.25, -0.2) is 4.98 Å². The number of para-hydroxylation sites is 1. The normalized spacial score (nSPS) is 10.8. The Bertz CT molecular complexity index is 853. The second kappa shape index (κ2) is 5.02. The molecule has 0 aliphatic rings. The molecule has 21 heavy (non-hydrogen) atoms. The molecule has 0 spiro atoms. The molecule has 3 rings (SSSR count). The largest absolute Gasteiger partial charge is 0.545 e. The molecule has 1 heterocycles. The predicted molar refractivity (Wildman–Crippen MR) is 81.0 cm³/mol.